The van der Waals surface area contributed by atoms with Crippen LogP contribution in [0.1, 0.15) is 15.9 Å². The zero-order valence-corrected chi connectivity index (χ0v) is 12.1. The van der Waals surface area contributed by atoms with Crippen LogP contribution in [-0.4, -0.2) is 19.1 Å². The molecule has 4 nitrogen and oxygen atoms in total. The van der Waals surface area contributed by atoms with Gasteiger partial charge in [-0.05, 0) is 36.4 Å². The second kappa shape index (κ2) is 5.74. The molecule has 0 saturated heterocycles. The van der Waals surface area contributed by atoms with Crippen molar-refractivity contribution in [2.75, 3.05) is 12.0 Å². The van der Waals surface area contributed by atoms with E-state index in [2.05, 4.69) is 6.07 Å². The number of hydrogen-bond acceptors (Lipinski definition) is 3. The number of nitriles is 1. The molecular weight excluding hydrogens is 276 g/mol. The lowest BCUT2D eigenvalue weighted by molar-refractivity contribution is 0.0985. The summed E-state index contributed by atoms with van der Waals surface area (Å²) < 4.78 is 5.21. The van der Waals surface area contributed by atoms with E-state index >= 15 is 0 Å². The second-order valence-electron chi connectivity index (χ2n) is 4.90. The molecule has 1 amide bonds. The Labute approximate surface area is 128 Å². The molecule has 0 radical (unpaired) electrons. The molecule has 2 aromatic carbocycles. The fraction of sp³-hybridized carbons (Fsp3) is 0.111. The number of hydrogen-bond donors (Lipinski definition) is 0. The van der Waals surface area contributed by atoms with Crippen molar-refractivity contribution in [3.63, 3.8) is 0 Å². The molecule has 0 bridgehead atoms. The third kappa shape index (κ3) is 2.33. The van der Waals surface area contributed by atoms with E-state index in [1.54, 1.807) is 31.4 Å². The number of carbonyl (C=O) groups is 1. The van der Waals surface area contributed by atoms with Gasteiger partial charge in [0.15, 0.2) is 0 Å². The minimum Gasteiger partial charge on any atom is -0.497 e. The van der Waals surface area contributed by atoms with Gasteiger partial charge < -0.3 is 4.74 Å². The van der Waals surface area contributed by atoms with E-state index in [9.17, 15) is 10.1 Å². The normalized spacial score (nSPS) is 15.8. The maximum atomic E-state index is 12.8. The quantitative estimate of drug-likeness (QED) is 0.853. The van der Waals surface area contributed by atoms with Crippen molar-refractivity contribution in [3.8, 4) is 11.8 Å². The molecule has 3 rings (SSSR count). The molecule has 4 heteroatoms. The molecule has 22 heavy (non-hydrogen) atoms. The Morgan fingerprint density at radius 3 is 2.68 bits per heavy atom. The van der Waals surface area contributed by atoms with Crippen molar-refractivity contribution < 1.29 is 9.53 Å². The highest BCUT2D eigenvalue weighted by Gasteiger charge is 2.29. The van der Waals surface area contributed by atoms with E-state index in [4.69, 9.17) is 4.74 Å². The number of amides is 1. The van der Waals surface area contributed by atoms with Crippen LogP contribution >= 0.6 is 0 Å². The van der Waals surface area contributed by atoms with Crippen LogP contribution in [0.2, 0.25) is 0 Å². The summed E-state index contributed by atoms with van der Waals surface area (Å²) in [6, 6.07) is 16.0. The van der Waals surface area contributed by atoms with Gasteiger partial charge in [0.05, 0.1) is 18.9 Å². The van der Waals surface area contributed by atoms with E-state index in [0.717, 1.165) is 5.56 Å². The number of methoxy groups -OCH3 is 1. The Bertz CT molecular complexity index is 775. The first-order chi connectivity index (χ1) is 10.7. The van der Waals surface area contributed by atoms with Crippen LogP contribution < -0.4 is 9.64 Å². The van der Waals surface area contributed by atoms with Crippen LogP contribution in [0.4, 0.5) is 5.69 Å². The Kier molecular flexibility index (Phi) is 3.63. The minimum absolute atomic E-state index is 0.192. The Morgan fingerprint density at radius 1 is 1.23 bits per heavy atom. The number of carbonyl (C=O) groups excluding carboxylic acids is 1. The van der Waals surface area contributed by atoms with E-state index < -0.39 is 6.04 Å². The number of anilines is 1. The van der Waals surface area contributed by atoms with E-state index in [1.807, 2.05) is 36.4 Å². The van der Waals surface area contributed by atoms with Crippen LogP contribution in [-0.2, 0) is 0 Å². The van der Waals surface area contributed by atoms with Gasteiger partial charge in [-0.25, -0.2) is 0 Å². The number of rotatable bonds is 2. The van der Waals surface area contributed by atoms with E-state index in [-0.39, 0.29) is 5.91 Å². The fourth-order valence-corrected chi connectivity index (χ4v) is 2.50. The second-order valence-corrected chi connectivity index (χ2v) is 4.90. The molecule has 0 unspecified atom stereocenters. The average molecular weight is 290 g/mol. The molecule has 108 valence electrons. The maximum Gasteiger partial charge on any atom is 0.259 e. The van der Waals surface area contributed by atoms with Gasteiger partial charge >= 0.3 is 0 Å². The average Bonchev–Trinajstić information content (AvgIpc) is 2.60. The van der Waals surface area contributed by atoms with Crippen LogP contribution in [0.15, 0.2) is 54.6 Å². The molecule has 0 N–H and O–H groups in total. The molecule has 1 aliphatic heterocycles. The molecule has 0 saturated carbocycles. The summed E-state index contributed by atoms with van der Waals surface area (Å²) >= 11 is 0. The summed E-state index contributed by atoms with van der Waals surface area (Å²) in [5, 5.41) is 9.36. The first kappa shape index (κ1) is 13.9. The van der Waals surface area contributed by atoms with Gasteiger partial charge in [0.1, 0.15) is 11.8 Å². The molecule has 1 atom stereocenters. The maximum absolute atomic E-state index is 12.8. The standard InChI is InChI=1S/C18H14N2O2/c1-22-16-9-10-17-14(11-16)7-8-15(12-19)20(17)18(21)13-5-3-2-4-6-13/h2-11,15H,1H3/t15-/m1/s1. The summed E-state index contributed by atoms with van der Waals surface area (Å²) in [6.45, 7) is 0. The highest BCUT2D eigenvalue weighted by molar-refractivity contribution is 6.09. The zero-order valence-electron chi connectivity index (χ0n) is 12.1. The number of nitrogens with zero attached hydrogens (tertiary/aromatic N) is 2. The predicted octanol–water partition coefficient (Wildman–Crippen LogP) is 3.26. The molecule has 0 spiro atoms. The lowest BCUT2D eigenvalue weighted by Gasteiger charge is -2.30. The van der Waals surface area contributed by atoms with Gasteiger partial charge in [0.2, 0.25) is 0 Å². The third-order valence-corrected chi connectivity index (χ3v) is 3.60. The molecule has 2 aromatic rings. The number of benzene rings is 2. The van der Waals surface area contributed by atoms with Crippen LogP contribution in [0.5, 0.6) is 5.75 Å². The molecule has 0 aliphatic carbocycles. The van der Waals surface area contributed by atoms with Crippen molar-refractivity contribution in [2.45, 2.75) is 6.04 Å². The molecule has 0 aromatic heterocycles. The van der Waals surface area contributed by atoms with Gasteiger partial charge in [0.25, 0.3) is 5.91 Å². The topological polar surface area (TPSA) is 53.3 Å². The SMILES string of the molecule is COc1ccc2c(c1)C=C[C@H](C#N)N2C(=O)c1ccccc1. The van der Waals surface area contributed by atoms with Gasteiger partial charge in [0, 0.05) is 11.1 Å². The van der Waals surface area contributed by atoms with Gasteiger partial charge in [-0.2, -0.15) is 5.26 Å². The Hall–Kier alpha value is -3.06. The molecule has 0 fully saturated rings. The van der Waals surface area contributed by atoms with Gasteiger partial charge in [-0.15, -0.1) is 0 Å². The summed E-state index contributed by atoms with van der Waals surface area (Å²) in [5.74, 6) is 0.522. The van der Waals surface area contributed by atoms with Crippen LogP contribution in [0, 0.1) is 11.3 Å². The summed E-state index contributed by atoms with van der Waals surface area (Å²) in [7, 11) is 1.60. The molecule has 1 heterocycles. The van der Waals surface area contributed by atoms with Crippen molar-refractivity contribution in [3.05, 3.63) is 65.7 Å². The van der Waals surface area contributed by atoms with Crippen LogP contribution in [0.3, 0.4) is 0 Å². The zero-order chi connectivity index (χ0) is 15.5. The monoisotopic (exact) mass is 290 g/mol. The minimum atomic E-state index is -0.617. The predicted molar refractivity (Wildman–Crippen MR) is 84.7 cm³/mol. The molecular formula is C18H14N2O2. The highest BCUT2D eigenvalue weighted by Crippen LogP contribution is 2.33. The van der Waals surface area contributed by atoms with Crippen molar-refractivity contribution in [1.29, 1.82) is 5.26 Å². The Morgan fingerprint density at radius 2 is 2.00 bits per heavy atom. The van der Waals surface area contributed by atoms with Gasteiger partial charge in [-0.3, -0.25) is 9.69 Å². The Balaban J connectivity index is 2.08. The highest BCUT2D eigenvalue weighted by atomic mass is 16.5. The van der Waals surface area contributed by atoms with Crippen LogP contribution in [0.25, 0.3) is 6.08 Å². The smallest absolute Gasteiger partial charge is 0.259 e. The first-order valence-corrected chi connectivity index (χ1v) is 6.89. The van der Waals surface area contributed by atoms with E-state index in [1.165, 1.54) is 4.90 Å². The first-order valence-electron chi connectivity index (χ1n) is 6.89. The van der Waals surface area contributed by atoms with E-state index in [0.29, 0.717) is 17.0 Å². The lowest BCUT2D eigenvalue weighted by Crippen LogP contribution is -2.40. The lowest BCUT2D eigenvalue weighted by atomic mass is 10.0. The van der Waals surface area contributed by atoms with Gasteiger partial charge in [-0.1, -0.05) is 24.3 Å². The number of ether oxygens (including phenoxy) is 1. The molecule has 1 aliphatic rings. The summed E-state index contributed by atoms with van der Waals surface area (Å²) in [6.07, 6.45) is 3.57. The largest absolute Gasteiger partial charge is 0.497 e. The third-order valence-electron chi connectivity index (χ3n) is 3.60. The summed E-state index contributed by atoms with van der Waals surface area (Å²) in [4.78, 5) is 14.3. The fourth-order valence-electron chi connectivity index (χ4n) is 2.50. The van der Waals surface area contributed by atoms with Crippen molar-refractivity contribution >= 4 is 17.7 Å². The summed E-state index contributed by atoms with van der Waals surface area (Å²) in [5.41, 5.74) is 2.12. The number of fused-ring (bicyclic) bond motifs is 1. The van der Waals surface area contributed by atoms with Crippen molar-refractivity contribution in [1.82, 2.24) is 0 Å². The van der Waals surface area contributed by atoms with Crippen molar-refractivity contribution in [2.24, 2.45) is 0 Å².